The summed E-state index contributed by atoms with van der Waals surface area (Å²) in [6, 6.07) is 6.24. The summed E-state index contributed by atoms with van der Waals surface area (Å²) in [7, 11) is 1.61. The zero-order valence-corrected chi connectivity index (χ0v) is 19.5. The lowest BCUT2D eigenvalue weighted by Gasteiger charge is -2.18. The van der Waals surface area contributed by atoms with Crippen LogP contribution < -0.4 is 10.6 Å². The van der Waals surface area contributed by atoms with Crippen LogP contribution in [0.1, 0.15) is 24.0 Å². The lowest BCUT2D eigenvalue weighted by Crippen LogP contribution is -2.39. The van der Waals surface area contributed by atoms with Crippen molar-refractivity contribution < 1.29 is 14.0 Å². The number of carbonyl (C=O) groups is 2. The molecule has 1 aliphatic heterocycles. The summed E-state index contributed by atoms with van der Waals surface area (Å²) in [5, 5.41) is 14.9. The molecule has 31 heavy (non-hydrogen) atoms. The zero-order valence-electron chi connectivity index (χ0n) is 17.2. The van der Waals surface area contributed by atoms with Crippen molar-refractivity contribution in [2.45, 2.75) is 19.4 Å². The number of halogens is 2. The highest BCUT2D eigenvalue weighted by Crippen LogP contribution is 2.52. The van der Waals surface area contributed by atoms with Crippen LogP contribution in [0.3, 0.4) is 0 Å². The summed E-state index contributed by atoms with van der Waals surface area (Å²) in [5.41, 5.74) is 0.706. The molecule has 1 saturated carbocycles. The fourth-order valence-corrected chi connectivity index (χ4v) is 4.79. The minimum Gasteiger partial charge on any atom is -0.356 e. The number of benzene rings is 1. The number of hydrogen-bond donors (Lipinski definition) is 2. The molecular weight excluding hydrogens is 512 g/mol. The van der Waals surface area contributed by atoms with Gasteiger partial charge in [0.25, 0.3) is 0 Å². The van der Waals surface area contributed by atoms with Gasteiger partial charge in [-0.2, -0.15) is 5.26 Å². The molecule has 0 spiro atoms. The number of amides is 2. The normalized spacial score (nSPS) is 26.0. The molecule has 4 unspecified atom stereocenters. The van der Waals surface area contributed by atoms with Crippen molar-refractivity contribution in [3.8, 4) is 6.07 Å². The number of allylic oxidation sites excluding steroid dienone is 2. The SMILES string of the molecule is CN=C(NCCCN1C(=O)C2C3C=CC(C3)C2C1=O)NCc1ccc(C#N)cc1F.I. The Labute approximate surface area is 197 Å². The average molecular weight is 537 g/mol. The monoisotopic (exact) mass is 537 g/mol. The van der Waals surface area contributed by atoms with E-state index < -0.39 is 5.82 Å². The summed E-state index contributed by atoms with van der Waals surface area (Å²) in [6.45, 7) is 1.13. The molecule has 2 aliphatic carbocycles. The Balaban J connectivity index is 0.00000272. The fraction of sp³-hybridized carbons (Fsp3) is 0.455. The van der Waals surface area contributed by atoms with Crippen molar-refractivity contribution in [2.75, 3.05) is 20.1 Å². The van der Waals surface area contributed by atoms with E-state index in [2.05, 4.69) is 27.8 Å². The van der Waals surface area contributed by atoms with E-state index in [0.29, 0.717) is 31.0 Å². The minimum absolute atomic E-state index is 0. The molecule has 1 aromatic rings. The van der Waals surface area contributed by atoms with Crippen molar-refractivity contribution >= 4 is 41.8 Å². The first-order valence-corrected chi connectivity index (χ1v) is 10.2. The Kier molecular flexibility index (Phi) is 7.30. The van der Waals surface area contributed by atoms with Gasteiger partial charge in [-0.05, 0) is 36.8 Å². The molecular formula is C22H25FIN5O2. The van der Waals surface area contributed by atoms with Crippen LogP contribution in [0, 0.1) is 40.8 Å². The molecule has 0 radical (unpaired) electrons. The topological polar surface area (TPSA) is 97.6 Å². The predicted molar refractivity (Wildman–Crippen MR) is 124 cm³/mol. The number of hydrogen-bond acceptors (Lipinski definition) is 4. The van der Waals surface area contributed by atoms with Crippen molar-refractivity contribution in [3.05, 3.63) is 47.3 Å². The van der Waals surface area contributed by atoms with Crippen molar-refractivity contribution in [2.24, 2.45) is 28.7 Å². The van der Waals surface area contributed by atoms with Crippen molar-refractivity contribution in [1.29, 1.82) is 5.26 Å². The van der Waals surface area contributed by atoms with Crippen LogP contribution in [0.25, 0.3) is 0 Å². The first kappa shape index (κ1) is 23.2. The molecule has 7 nitrogen and oxygen atoms in total. The van der Waals surface area contributed by atoms with Gasteiger partial charge in [-0.1, -0.05) is 18.2 Å². The number of guanidine groups is 1. The highest BCUT2D eigenvalue weighted by molar-refractivity contribution is 14.0. The number of rotatable bonds is 6. The van der Waals surface area contributed by atoms with E-state index in [1.54, 1.807) is 19.2 Å². The molecule has 9 heteroatoms. The third kappa shape index (κ3) is 4.44. The van der Waals surface area contributed by atoms with Crippen LogP contribution in [0.4, 0.5) is 4.39 Å². The second-order valence-corrected chi connectivity index (χ2v) is 7.95. The van der Waals surface area contributed by atoms with Gasteiger partial charge in [0.05, 0.1) is 23.5 Å². The van der Waals surface area contributed by atoms with Crippen molar-refractivity contribution in [1.82, 2.24) is 15.5 Å². The molecule has 2 amide bonds. The second-order valence-electron chi connectivity index (χ2n) is 7.95. The maximum Gasteiger partial charge on any atom is 0.233 e. The molecule has 164 valence electrons. The number of fused-ring (bicyclic) bond motifs is 5. The molecule has 2 fully saturated rings. The zero-order chi connectivity index (χ0) is 21.3. The van der Waals surface area contributed by atoms with Gasteiger partial charge in [-0.25, -0.2) is 4.39 Å². The van der Waals surface area contributed by atoms with Crippen LogP contribution in [0.2, 0.25) is 0 Å². The molecule has 4 rings (SSSR count). The number of imide groups is 1. The Hall–Kier alpha value is -2.48. The molecule has 2 N–H and O–H groups in total. The van der Waals surface area contributed by atoms with Gasteiger partial charge in [0.15, 0.2) is 5.96 Å². The van der Waals surface area contributed by atoms with Crippen LogP contribution in [-0.4, -0.2) is 42.8 Å². The van der Waals surface area contributed by atoms with E-state index in [1.807, 2.05) is 6.07 Å². The number of nitriles is 1. The van der Waals surface area contributed by atoms with E-state index in [1.165, 1.54) is 11.0 Å². The van der Waals surface area contributed by atoms with Crippen LogP contribution in [-0.2, 0) is 16.1 Å². The van der Waals surface area contributed by atoms with Crippen LogP contribution in [0.5, 0.6) is 0 Å². The largest absolute Gasteiger partial charge is 0.356 e. The van der Waals surface area contributed by atoms with E-state index in [-0.39, 0.29) is 71.6 Å². The molecule has 0 aromatic heterocycles. The van der Waals surface area contributed by atoms with Crippen molar-refractivity contribution in [3.63, 3.8) is 0 Å². The lowest BCUT2D eigenvalue weighted by molar-refractivity contribution is -0.140. The second kappa shape index (κ2) is 9.77. The number of carbonyl (C=O) groups excluding carboxylic acids is 2. The Morgan fingerprint density at radius 2 is 1.90 bits per heavy atom. The Morgan fingerprint density at radius 3 is 2.48 bits per heavy atom. The summed E-state index contributed by atoms with van der Waals surface area (Å²) in [4.78, 5) is 30.9. The third-order valence-corrected chi connectivity index (χ3v) is 6.26. The van der Waals surface area contributed by atoms with E-state index in [9.17, 15) is 14.0 Å². The summed E-state index contributed by atoms with van der Waals surface area (Å²) < 4.78 is 14.0. The van der Waals surface area contributed by atoms with E-state index in [4.69, 9.17) is 5.26 Å². The average Bonchev–Trinajstić information content (AvgIpc) is 3.43. The summed E-state index contributed by atoms with van der Waals surface area (Å²) in [5.74, 6) is 0.139. The van der Waals surface area contributed by atoms with Gasteiger partial charge in [0, 0.05) is 32.2 Å². The fourth-order valence-electron chi connectivity index (χ4n) is 4.79. The lowest BCUT2D eigenvalue weighted by atomic mass is 9.85. The van der Waals surface area contributed by atoms with Gasteiger partial charge >= 0.3 is 0 Å². The van der Waals surface area contributed by atoms with Gasteiger partial charge in [-0.3, -0.25) is 19.5 Å². The number of nitrogens with one attached hydrogen (secondary N) is 2. The van der Waals surface area contributed by atoms with Gasteiger partial charge in [-0.15, -0.1) is 24.0 Å². The highest BCUT2D eigenvalue weighted by Gasteiger charge is 2.58. The van der Waals surface area contributed by atoms with Gasteiger partial charge in [0.1, 0.15) is 5.82 Å². The minimum atomic E-state index is -0.447. The predicted octanol–water partition coefficient (Wildman–Crippen LogP) is 2.18. The molecule has 2 bridgehead atoms. The third-order valence-electron chi connectivity index (χ3n) is 6.26. The molecule has 1 aromatic carbocycles. The van der Waals surface area contributed by atoms with E-state index in [0.717, 1.165) is 6.42 Å². The summed E-state index contributed by atoms with van der Waals surface area (Å²) >= 11 is 0. The smallest absolute Gasteiger partial charge is 0.233 e. The number of nitrogens with zero attached hydrogens (tertiary/aromatic N) is 3. The number of aliphatic imine (C=N–C) groups is 1. The van der Waals surface area contributed by atoms with Gasteiger partial charge < -0.3 is 10.6 Å². The maximum atomic E-state index is 14.0. The van der Waals surface area contributed by atoms with Gasteiger partial charge in [0.2, 0.25) is 11.8 Å². The maximum absolute atomic E-state index is 14.0. The first-order valence-electron chi connectivity index (χ1n) is 10.2. The molecule has 1 saturated heterocycles. The molecule has 4 atom stereocenters. The standard InChI is InChI=1S/C22H24FN5O2.HI/c1-25-22(27-12-16-4-3-13(11-24)9-17(16)23)26-7-2-8-28-20(29)18-14-5-6-15(10-14)19(18)21(28)30;/h3-6,9,14-15,18-19H,2,7-8,10,12H2,1H3,(H2,25,26,27);1H. The Morgan fingerprint density at radius 1 is 1.23 bits per heavy atom. The Bertz CT molecular complexity index is 943. The summed E-state index contributed by atoms with van der Waals surface area (Å²) in [6.07, 6.45) is 5.72. The molecule has 3 aliphatic rings. The number of likely N-dealkylation sites (tertiary alicyclic amines) is 1. The quantitative estimate of drug-likeness (QED) is 0.145. The highest BCUT2D eigenvalue weighted by atomic mass is 127. The van der Waals surface area contributed by atoms with Crippen LogP contribution >= 0.6 is 24.0 Å². The van der Waals surface area contributed by atoms with Crippen LogP contribution in [0.15, 0.2) is 35.3 Å². The molecule has 1 heterocycles. The van der Waals surface area contributed by atoms with E-state index >= 15 is 0 Å². The first-order chi connectivity index (χ1) is 14.5.